The van der Waals surface area contributed by atoms with Crippen molar-refractivity contribution >= 4 is 11.6 Å². The molecule has 0 radical (unpaired) electrons. The van der Waals surface area contributed by atoms with Crippen molar-refractivity contribution in [3.05, 3.63) is 59.2 Å². The Labute approximate surface area is 118 Å². The van der Waals surface area contributed by atoms with Crippen molar-refractivity contribution in [3.8, 4) is 5.75 Å². The first-order chi connectivity index (χ1) is 9.58. The summed E-state index contributed by atoms with van der Waals surface area (Å²) in [6.45, 7) is 3.56. The minimum absolute atomic E-state index is 0.000793. The van der Waals surface area contributed by atoms with Gasteiger partial charge in [-0.2, -0.15) is 0 Å². The lowest BCUT2D eigenvalue weighted by Gasteiger charge is -2.25. The number of para-hydroxylation sites is 1. The maximum atomic E-state index is 12.0. The van der Waals surface area contributed by atoms with E-state index < -0.39 is 0 Å². The molecular formula is C17H17NO2. The van der Waals surface area contributed by atoms with Crippen LogP contribution in [0.15, 0.2) is 42.5 Å². The molecule has 1 aliphatic rings. The molecule has 0 aliphatic carbocycles. The second kappa shape index (κ2) is 4.67. The molecule has 1 N–H and O–H groups in total. The summed E-state index contributed by atoms with van der Waals surface area (Å²) in [4.78, 5) is 13.8. The van der Waals surface area contributed by atoms with Gasteiger partial charge in [0.2, 0.25) is 5.91 Å². The largest absolute Gasteiger partial charge is 0.508 e. The number of hydrogen-bond acceptors (Lipinski definition) is 2. The van der Waals surface area contributed by atoms with E-state index >= 15 is 0 Å². The Morgan fingerprint density at radius 2 is 2.00 bits per heavy atom. The molecule has 1 amide bonds. The van der Waals surface area contributed by atoms with Gasteiger partial charge in [-0.05, 0) is 31.0 Å². The standard InChI is InChI=1S/C17H17NO2/c1-11-7-8-17(20)14(9-11)16-10-13-5-3-4-6-15(13)18(16)12(2)19/h3-9,16,20H,10H2,1-2H3. The van der Waals surface area contributed by atoms with Gasteiger partial charge < -0.3 is 10.0 Å². The molecule has 20 heavy (non-hydrogen) atoms. The van der Waals surface area contributed by atoms with E-state index in [-0.39, 0.29) is 17.7 Å². The van der Waals surface area contributed by atoms with E-state index in [1.807, 2.05) is 43.3 Å². The Kier molecular flexibility index (Phi) is 2.97. The van der Waals surface area contributed by atoms with E-state index in [0.717, 1.165) is 28.8 Å². The second-order valence-electron chi connectivity index (χ2n) is 5.30. The van der Waals surface area contributed by atoms with Crippen molar-refractivity contribution in [2.45, 2.75) is 26.3 Å². The Bertz CT molecular complexity index is 678. The van der Waals surface area contributed by atoms with Crippen LogP contribution < -0.4 is 4.90 Å². The minimum atomic E-state index is -0.121. The van der Waals surface area contributed by atoms with Crippen LogP contribution in [-0.4, -0.2) is 11.0 Å². The number of phenols is 1. The molecule has 3 rings (SSSR count). The first-order valence-corrected chi connectivity index (χ1v) is 6.75. The first kappa shape index (κ1) is 12.7. The number of anilines is 1. The third-order valence-corrected chi connectivity index (χ3v) is 3.86. The predicted octanol–water partition coefficient (Wildman–Crippen LogP) is 3.35. The molecule has 0 saturated heterocycles. The van der Waals surface area contributed by atoms with Crippen LogP contribution in [0.1, 0.15) is 29.7 Å². The smallest absolute Gasteiger partial charge is 0.224 e. The number of fused-ring (bicyclic) bond motifs is 1. The third-order valence-electron chi connectivity index (χ3n) is 3.86. The fourth-order valence-electron chi connectivity index (χ4n) is 2.96. The van der Waals surface area contributed by atoms with Crippen molar-refractivity contribution in [2.24, 2.45) is 0 Å². The molecule has 0 aromatic heterocycles. The van der Waals surface area contributed by atoms with Crippen molar-refractivity contribution < 1.29 is 9.90 Å². The Morgan fingerprint density at radius 1 is 1.25 bits per heavy atom. The molecule has 1 aliphatic heterocycles. The van der Waals surface area contributed by atoms with Gasteiger partial charge in [0, 0.05) is 18.2 Å². The number of carbonyl (C=O) groups excluding carboxylic acids is 1. The fraction of sp³-hybridized carbons (Fsp3) is 0.235. The van der Waals surface area contributed by atoms with Gasteiger partial charge in [-0.3, -0.25) is 4.79 Å². The number of hydrogen-bond donors (Lipinski definition) is 1. The van der Waals surface area contributed by atoms with Crippen LogP contribution in [0.25, 0.3) is 0 Å². The zero-order valence-corrected chi connectivity index (χ0v) is 11.6. The highest BCUT2D eigenvalue weighted by Crippen LogP contribution is 2.42. The maximum Gasteiger partial charge on any atom is 0.224 e. The molecule has 0 bridgehead atoms. The van der Waals surface area contributed by atoms with E-state index in [9.17, 15) is 9.90 Å². The third kappa shape index (κ3) is 1.95. The Morgan fingerprint density at radius 3 is 2.75 bits per heavy atom. The van der Waals surface area contributed by atoms with Gasteiger partial charge in [-0.25, -0.2) is 0 Å². The van der Waals surface area contributed by atoms with Crippen LogP contribution in [0.5, 0.6) is 5.75 Å². The van der Waals surface area contributed by atoms with Crippen molar-refractivity contribution in [1.82, 2.24) is 0 Å². The van der Waals surface area contributed by atoms with E-state index in [1.54, 1.807) is 17.9 Å². The minimum Gasteiger partial charge on any atom is -0.508 e. The zero-order chi connectivity index (χ0) is 14.3. The summed E-state index contributed by atoms with van der Waals surface area (Å²) >= 11 is 0. The maximum absolute atomic E-state index is 12.0. The number of aromatic hydroxyl groups is 1. The van der Waals surface area contributed by atoms with Gasteiger partial charge in [-0.1, -0.05) is 35.9 Å². The van der Waals surface area contributed by atoms with E-state index in [4.69, 9.17) is 0 Å². The van der Waals surface area contributed by atoms with E-state index in [0.29, 0.717) is 0 Å². The van der Waals surface area contributed by atoms with Crippen molar-refractivity contribution in [2.75, 3.05) is 4.90 Å². The molecule has 1 atom stereocenters. The van der Waals surface area contributed by atoms with Crippen LogP contribution in [-0.2, 0) is 11.2 Å². The van der Waals surface area contributed by atoms with Crippen LogP contribution >= 0.6 is 0 Å². The lowest BCUT2D eigenvalue weighted by atomic mass is 9.99. The number of carbonyl (C=O) groups is 1. The van der Waals surface area contributed by atoms with Gasteiger partial charge in [-0.15, -0.1) is 0 Å². The van der Waals surface area contributed by atoms with Gasteiger partial charge in [0.1, 0.15) is 5.75 Å². The molecule has 1 unspecified atom stereocenters. The number of phenolic OH excluding ortho intramolecular Hbond substituents is 1. The van der Waals surface area contributed by atoms with Crippen LogP contribution in [0.3, 0.4) is 0 Å². The molecular weight excluding hydrogens is 250 g/mol. The van der Waals surface area contributed by atoms with Gasteiger partial charge in [0.05, 0.1) is 6.04 Å². The number of rotatable bonds is 1. The average molecular weight is 267 g/mol. The summed E-state index contributed by atoms with van der Waals surface area (Å²) in [5.41, 5.74) is 3.99. The monoisotopic (exact) mass is 267 g/mol. The fourth-order valence-corrected chi connectivity index (χ4v) is 2.96. The lowest BCUT2D eigenvalue weighted by Crippen LogP contribution is -2.29. The molecule has 2 aromatic rings. The summed E-state index contributed by atoms with van der Waals surface area (Å²) in [6.07, 6.45) is 0.743. The molecule has 102 valence electrons. The Balaban J connectivity index is 2.11. The van der Waals surface area contributed by atoms with E-state index in [1.165, 1.54) is 0 Å². The molecule has 0 saturated carbocycles. The molecule has 0 fully saturated rings. The van der Waals surface area contributed by atoms with Gasteiger partial charge in [0.15, 0.2) is 0 Å². The first-order valence-electron chi connectivity index (χ1n) is 6.75. The molecule has 3 nitrogen and oxygen atoms in total. The summed E-state index contributed by atoms with van der Waals surface area (Å²) in [5, 5.41) is 10.1. The average Bonchev–Trinajstić information content (AvgIpc) is 2.80. The molecule has 0 spiro atoms. The molecule has 2 aromatic carbocycles. The molecule has 1 heterocycles. The quantitative estimate of drug-likeness (QED) is 0.860. The van der Waals surface area contributed by atoms with Gasteiger partial charge in [0.25, 0.3) is 0 Å². The zero-order valence-electron chi connectivity index (χ0n) is 11.6. The lowest BCUT2D eigenvalue weighted by molar-refractivity contribution is -0.116. The highest BCUT2D eigenvalue weighted by molar-refractivity contribution is 5.95. The van der Waals surface area contributed by atoms with Crippen molar-refractivity contribution in [3.63, 3.8) is 0 Å². The predicted molar refractivity (Wildman–Crippen MR) is 78.9 cm³/mol. The second-order valence-corrected chi connectivity index (χ2v) is 5.30. The van der Waals surface area contributed by atoms with Crippen LogP contribution in [0.4, 0.5) is 5.69 Å². The summed E-state index contributed by atoms with van der Waals surface area (Å²) in [7, 11) is 0. The number of aryl methyl sites for hydroxylation is 1. The Hall–Kier alpha value is -2.29. The highest BCUT2D eigenvalue weighted by atomic mass is 16.3. The van der Waals surface area contributed by atoms with Crippen LogP contribution in [0, 0.1) is 6.92 Å². The number of benzene rings is 2. The summed E-state index contributed by atoms with van der Waals surface area (Å²) in [6, 6.07) is 13.3. The van der Waals surface area contributed by atoms with Crippen molar-refractivity contribution in [1.29, 1.82) is 0 Å². The molecule has 3 heteroatoms. The summed E-state index contributed by atoms with van der Waals surface area (Å²) in [5.74, 6) is 0.250. The van der Waals surface area contributed by atoms with E-state index in [2.05, 4.69) is 0 Å². The normalized spacial score (nSPS) is 17.1. The number of amides is 1. The highest BCUT2D eigenvalue weighted by Gasteiger charge is 2.34. The van der Waals surface area contributed by atoms with Crippen LogP contribution in [0.2, 0.25) is 0 Å². The SMILES string of the molecule is CC(=O)N1c2ccccc2CC1c1cc(C)ccc1O. The number of nitrogens with zero attached hydrogens (tertiary/aromatic N) is 1. The summed E-state index contributed by atoms with van der Waals surface area (Å²) < 4.78 is 0. The topological polar surface area (TPSA) is 40.5 Å². The van der Waals surface area contributed by atoms with Gasteiger partial charge >= 0.3 is 0 Å².